The second-order valence-electron chi connectivity index (χ2n) is 14.8. The molecule has 3 aromatic rings. The molecule has 3 amide bonds. The van der Waals surface area contributed by atoms with E-state index in [1.165, 1.54) is 15.9 Å². The number of benzene rings is 2. The summed E-state index contributed by atoms with van der Waals surface area (Å²) in [6.07, 6.45) is 7.69. The number of likely N-dealkylation sites (tertiary alicyclic amines) is 2. The number of rotatable bonds is 6. The van der Waals surface area contributed by atoms with Crippen LogP contribution >= 0.6 is 11.6 Å². The van der Waals surface area contributed by atoms with Crippen molar-refractivity contribution >= 4 is 40.7 Å². The highest BCUT2D eigenvalue weighted by Gasteiger charge is 2.39. The first-order valence-electron chi connectivity index (χ1n) is 17.8. The van der Waals surface area contributed by atoms with E-state index in [1.54, 1.807) is 13.2 Å². The molecule has 2 aromatic carbocycles. The van der Waals surface area contributed by atoms with Crippen molar-refractivity contribution in [1.29, 1.82) is 0 Å². The molecule has 4 aliphatic rings. The van der Waals surface area contributed by atoms with E-state index < -0.39 is 0 Å². The van der Waals surface area contributed by atoms with Crippen LogP contribution in [0.25, 0.3) is 0 Å². The van der Waals surface area contributed by atoms with Gasteiger partial charge in [0.05, 0.1) is 17.8 Å². The summed E-state index contributed by atoms with van der Waals surface area (Å²) in [5.41, 5.74) is 4.57. The molecule has 4 aliphatic heterocycles. The molecule has 0 saturated carbocycles. The van der Waals surface area contributed by atoms with Gasteiger partial charge in [-0.1, -0.05) is 35.9 Å². The van der Waals surface area contributed by atoms with Crippen molar-refractivity contribution in [1.82, 2.24) is 24.9 Å². The normalized spacial score (nSPS) is 24.3. The molecular formula is C38H46ClN7O4. The molecule has 0 radical (unpaired) electrons. The Kier molecular flexibility index (Phi) is 9.72. The SMILES string of the molecule is CN1CC(Nc2cnn(C)c(=O)c2Cl)CC(c2ccc(C(=O)N3CCC4(CC3)CCN(c3ccc(C5CCC(=O)NC5=O)cc3)CC4)cc2)C1. The zero-order chi connectivity index (χ0) is 35.0. The monoisotopic (exact) mass is 699 g/mol. The molecule has 12 heteroatoms. The number of carbonyl (C=O) groups excluding carboxylic acids is 3. The summed E-state index contributed by atoms with van der Waals surface area (Å²) in [4.78, 5) is 56.4. The third-order valence-electron chi connectivity index (χ3n) is 11.5. The molecule has 3 atom stereocenters. The summed E-state index contributed by atoms with van der Waals surface area (Å²) in [5.74, 6) is -0.266. The van der Waals surface area contributed by atoms with Crippen molar-refractivity contribution in [3.05, 3.63) is 86.8 Å². The lowest BCUT2D eigenvalue weighted by molar-refractivity contribution is -0.134. The second kappa shape index (κ2) is 14.2. The van der Waals surface area contributed by atoms with E-state index in [0.29, 0.717) is 18.5 Å². The highest BCUT2D eigenvalue weighted by atomic mass is 35.5. The van der Waals surface area contributed by atoms with Crippen LogP contribution in [0.1, 0.15) is 78.3 Å². The summed E-state index contributed by atoms with van der Waals surface area (Å²) >= 11 is 6.32. The van der Waals surface area contributed by atoms with Gasteiger partial charge in [0.2, 0.25) is 11.8 Å². The molecule has 264 valence electrons. The van der Waals surface area contributed by atoms with Gasteiger partial charge < -0.3 is 20.0 Å². The lowest BCUT2D eigenvalue weighted by Gasteiger charge is -2.47. The predicted octanol–water partition coefficient (Wildman–Crippen LogP) is 4.38. The number of carbonyl (C=O) groups is 3. The van der Waals surface area contributed by atoms with Gasteiger partial charge in [0.15, 0.2) is 0 Å². The fourth-order valence-corrected chi connectivity index (χ4v) is 8.66. The maximum Gasteiger partial charge on any atom is 0.287 e. The summed E-state index contributed by atoms with van der Waals surface area (Å²) < 4.78 is 1.23. The van der Waals surface area contributed by atoms with E-state index in [-0.39, 0.29) is 51.6 Å². The topological polar surface area (TPSA) is 120 Å². The molecule has 0 aliphatic carbocycles. The minimum absolute atomic E-state index is 0.101. The van der Waals surface area contributed by atoms with Gasteiger partial charge in [-0.15, -0.1) is 0 Å². The second-order valence-corrected chi connectivity index (χ2v) is 15.2. The zero-order valence-corrected chi connectivity index (χ0v) is 29.6. The number of anilines is 2. The maximum absolute atomic E-state index is 13.6. The quantitative estimate of drug-likeness (QED) is 0.364. The summed E-state index contributed by atoms with van der Waals surface area (Å²) in [6.45, 7) is 5.26. The number of aryl methyl sites for hydroxylation is 1. The van der Waals surface area contributed by atoms with Crippen molar-refractivity contribution in [2.75, 3.05) is 56.5 Å². The van der Waals surface area contributed by atoms with E-state index in [1.807, 2.05) is 29.2 Å². The largest absolute Gasteiger partial charge is 0.378 e. The number of amides is 3. The van der Waals surface area contributed by atoms with Crippen molar-refractivity contribution in [3.8, 4) is 0 Å². The lowest BCUT2D eigenvalue weighted by atomic mass is 9.71. The average Bonchev–Trinajstić information content (AvgIpc) is 3.12. The Labute approximate surface area is 297 Å². The van der Waals surface area contributed by atoms with Gasteiger partial charge in [0.1, 0.15) is 5.02 Å². The molecule has 4 fully saturated rings. The highest BCUT2D eigenvalue weighted by molar-refractivity contribution is 6.32. The van der Waals surface area contributed by atoms with Gasteiger partial charge in [-0.3, -0.25) is 24.5 Å². The molecule has 7 rings (SSSR count). The number of hydrogen-bond donors (Lipinski definition) is 2. The van der Waals surface area contributed by atoms with Gasteiger partial charge in [-0.2, -0.15) is 5.10 Å². The minimum Gasteiger partial charge on any atom is -0.378 e. The Morgan fingerprint density at radius 2 is 1.56 bits per heavy atom. The molecule has 50 heavy (non-hydrogen) atoms. The Morgan fingerprint density at radius 3 is 2.24 bits per heavy atom. The number of hydrogen-bond acceptors (Lipinski definition) is 8. The number of piperidine rings is 4. The molecule has 4 saturated heterocycles. The molecule has 11 nitrogen and oxygen atoms in total. The number of likely N-dealkylation sites (N-methyl/N-ethyl adjacent to an activating group) is 1. The van der Waals surface area contributed by atoms with Crippen molar-refractivity contribution < 1.29 is 14.4 Å². The summed E-state index contributed by atoms with van der Waals surface area (Å²) in [7, 11) is 3.68. The first kappa shape index (κ1) is 34.2. The van der Waals surface area contributed by atoms with Gasteiger partial charge in [0, 0.05) is 70.0 Å². The van der Waals surface area contributed by atoms with E-state index in [9.17, 15) is 19.2 Å². The van der Waals surface area contributed by atoms with Crippen LogP contribution in [0.5, 0.6) is 0 Å². The third-order valence-corrected chi connectivity index (χ3v) is 11.9. The molecule has 5 heterocycles. The van der Waals surface area contributed by atoms with E-state index in [4.69, 9.17) is 11.6 Å². The molecule has 3 unspecified atom stereocenters. The number of nitrogens with one attached hydrogen (secondary N) is 2. The molecule has 1 spiro atoms. The average molecular weight is 700 g/mol. The standard InChI is InChI=1S/C38H46ClN7O4/c1-43-23-28(21-29(24-43)41-32-22-40-44(2)37(50)34(32)39)25-3-5-27(6-4-25)36(49)46-19-15-38(16-20-46)13-17-45(18-14-38)30-9-7-26(8-10-30)31-11-12-33(47)42-35(31)48/h3-10,22,28-29,31,41H,11-21,23-24H2,1-2H3,(H,42,47,48). The van der Waals surface area contributed by atoms with E-state index in [0.717, 1.165) is 82.5 Å². The molecule has 0 bridgehead atoms. The summed E-state index contributed by atoms with van der Waals surface area (Å²) in [6, 6.07) is 16.5. The van der Waals surface area contributed by atoms with Crippen LogP contribution < -0.4 is 21.1 Å². The highest BCUT2D eigenvalue weighted by Crippen LogP contribution is 2.42. The Hall–Kier alpha value is -4.22. The Morgan fingerprint density at radius 1 is 0.900 bits per heavy atom. The lowest BCUT2D eigenvalue weighted by Crippen LogP contribution is -2.48. The first-order chi connectivity index (χ1) is 24.1. The molecular weight excluding hydrogens is 654 g/mol. The van der Waals surface area contributed by atoms with E-state index >= 15 is 0 Å². The van der Waals surface area contributed by atoms with Gasteiger partial charge >= 0.3 is 0 Å². The minimum atomic E-state index is -0.320. The molecule has 1 aromatic heterocycles. The van der Waals surface area contributed by atoms with Crippen molar-refractivity contribution in [2.24, 2.45) is 12.5 Å². The van der Waals surface area contributed by atoms with Crippen LogP contribution in [0.4, 0.5) is 11.4 Å². The molecule has 2 N–H and O–H groups in total. The van der Waals surface area contributed by atoms with Crippen LogP contribution in [-0.2, 0) is 16.6 Å². The van der Waals surface area contributed by atoms with Gasteiger partial charge in [-0.05, 0) is 92.3 Å². The number of imide groups is 1. The smallest absolute Gasteiger partial charge is 0.287 e. The maximum atomic E-state index is 13.6. The number of aromatic nitrogens is 2. The van der Waals surface area contributed by atoms with Crippen LogP contribution in [0.3, 0.4) is 0 Å². The first-order valence-corrected chi connectivity index (χ1v) is 18.2. The van der Waals surface area contributed by atoms with Crippen LogP contribution in [0, 0.1) is 5.41 Å². The van der Waals surface area contributed by atoms with Crippen molar-refractivity contribution in [2.45, 2.75) is 62.8 Å². The number of nitrogens with zero attached hydrogens (tertiary/aromatic N) is 5. The zero-order valence-electron chi connectivity index (χ0n) is 28.9. The third kappa shape index (κ3) is 7.16. The predicted molar refractivity (Wildman–Crippen MR) is 194 cm³/mol. The fourth-order valence-electron chi connectivity index (χ4n) is 8.43. The number of halogens is 1. The van der Waals surface area contributed by atoms with Crippen LogP contribution in [0.2, 0.25) is 5.02 Å². The summed E-state index contributed by atoms with van der Waals surface area (Å²) in [5, 5.41) is 10.2. The fraction of sp³-hybridized carbons (Fsp3) is 0.500. The van der Waals surface area contributed by atoms with Crippen molar-refractivity contribution in [3.63, 3.8) is 0 Å². The van der Waals surface area contributed by atoms with Gasteiger partial charge in [0.25, 0.3) is 11.5 Å². The van der Waals surface area contributed by atoms with Crippen LogP contribution in [-0.4, -0.2) is 89.7 Å². The Bertz CT molecular complexity index is 1790. The van der Waals surface area contributed by atoms with Crippen LogP contribution in [0.15, 0.2) is 59.5 Å². The van der Waals surface area contributed by atoms with E-state index in [2.05, 4.69) is 56.8 Å². The Balaban J connectivity index is 0.901. The van der Waals surface area contributed by atoms with Gasteiger partial charge in [-0.25, -0.2) is 4.68 Å².